The van der Waals surface area contributed by atoms with E-state index in [0.717, 1.165) is 17.5 Å². The Hall–Kier alpha value is -2.08. The molecule has 1 unspecified atom stereocenters. The molecular weight excluding hydrogens is 276 g/mol. The molecule has 0 amide bonds. The lowest BCUT2D eigenvalue weighted by atomic mass is 10.1. The van der Waals surface area contributed by atoms with Crippen molar-refractivity contribution in [3.63, 3.8) is 0 Å². The van der Waals surface area contributed by atoms with Crippen LogP contribution in [0.25, 0.3) is 0 Å². The number of hydrogen-bond acceptors (Lipinski definition) is 5. The number of phenols is 1. The minimum Gasteiger partial charge on any atom is -0.508 e. The highest BCUT2D eigenvalue weighted by molar-refractivity contribution is 7.90. The molecule has 0 aliphatic rings. The quantitative estimate of drug-likeness (QED) is 0.904. The van der Waals surface area contributed by atoms with E-state index in [1.165, 1.54) is 12.3 Å². The van der Waals surface area contributed by atoms with E-state index in [1.54, 1.807) is 18.2 Å². The van der Waals surface area contributed by atoms with Crippen LogP contribution in [-0.2, 0) is 9.84 Å². The second-order valence-electron chi connectivity index (χ2n) is 4.61. The third kappa shape index (κ3) is 3.48. The normalized spacial score (nSPS) is 12.9. The molecule has 5 nitrogen and oxygen atoms in total. The van der Waals surface area contributed by atoms with Crippen molar-refractivity contribution < 1.29 is 13.5 Å². The Balaban J connectivity index is 2.12. The molecule has 1 aromatic carbocycles. The Bertz CT molecular complexity index is 679. The van der Waals surface area contributed by atoms with Gasteiger partial charge in [-0.25, -0.2) is 13.4 Å². The second kappa shape index (κ2) is 5.50. The number of nitrogens with zero attached hydrogens (tertiary/aromatic N) is 1. The van der Waals surface area contributed by atoms with Gasteiger partial charge >= 0.3 is 0 Å². The summed E-state index contributed by atoms with van der Waals surface area (Å²) in [7, 11) is -3.27. The summed E-state index contributed by atoms with van der Waals surface area (Å²) in [6, 6.07) is 10.1. The fraction of sp³-hybridized carbons (Fsp3) is 0.214. The molecule has 0 radical (unpaired) electrons. The predicted octanol–water partition coefficient (Wildman–Crippen LogP) is 2.36. The number of pyridine rings is 1. The van der Waals surface area contributed by atoms with Gasteiger partial charge < -0.3 is 10.4 Å². The smallest absolute Gasteiger partial charge is 0.192 e. The van der Waals surface area contributed by atoms with Gasteiger partial charge in [0.25, 0.3) is 0 Å². The average molecular weight is 292 g/mol. The van der Waals surface area contributed by atoms with Crippen LogP contribution < -0.4 is 5.32 Å². The summed E-state index contributed by atoms with van der Waals surface area (Å²) in [6.45, 7) is 1.97. The van der Waals surface area contributed by atoms with Crippen molar-refractivity contribution in [2.45, 2.75) is 18.0 Å². The summed E-state index contributed by atoms with van der Waals surface area (Å²) in [6.07, 6.45) is 2.62. The highest BCUT2D eigenvalue weighted by Gasteiger charge is 2.09. The van der Waals surface area contributed by atoms with Crippen LogP contribution in [0.1, 0.15) is 18.5 Å². The Labute approximate surface area is 118 Å². The monoisotopic (exact) mass is 292 g/mol. The number of aromatic hydroxyl groups is 1. The number of phenolic OH excluding ortho intramolecular Hbond substituents is 1. The largest absolute Gasteiger partial charge is 0.508 e. The van der Waals surface area contributed by atoms with Gasteiger partial charge in [0.05, 0.1) is 11.9 Å². The topological polar surface area (TPSA) is 79.3 Å². The summed E-state index contributed by atoms with van der Waals surface area (Å²) in [5.74, 6) is 0.222. The average Bonchev–Trinajstić information content (AvgIpc) is 2.39. The first kappa shape index (κ1) is 14.3. The van der Waals surface area contributed by atoms with Gasteiger partial charge in [0.2, 0.25) is 0 Å². The lowest BCUT2D eigenvalue weighted by molar-refractivity contribution is 0.475. The number of sulfone groups is 1. The van der Waals surface area contributed by atoms with Crippen molar-refractivity contribution in [2.75, 3.05) is 11.6 Å². The van der Waals surface area contributed by atoms with E-state index in [4.69, 9.17) is 0 Å². The van der Waals surface area contributed by atoms with Crippen molar-refractivity contribution >= 4 is 15.5 Å². The lowest BCUT2D eigenvalue weighted by Gasteiger charge is -2.15. The molecule has 0 spiro atoms. The molecule has 2 aromatic rings. The number of hydrogen-bond donors (Lipinski definition) is 2. The van der Waals surface area contributed by atoms with Crippen LogP contribution in [0.5, 0.6) is 5.75 Å². The Morgan fingerprint density at radius 2 is 1.80 bits per heavy atom. The van der Waals surface area contributed by atoms with E-state index in [9.17, 15) is 13.5 Å². The van der Waals surface area contributed by atoms with Crippen LogP contribution >= 0.6 is 0 Å². The summed E-state index contributed by atoms with van der Waals surface area (Å²) in [5, 5.41) is 12.5. The van der Waals surface area contributed by atoms with Crippen LogP contribution in [0.15, 0.2) is 47.6 Å². The standard InChI is InChI=1S/C14H16N2O3S/c1-10(11-3-6-13(17)7-4-11)16-12-5-8-14(15-9-12)20(2,18)19/h3-10,16-17H,1-2H3. The maximum absolute atomic E-state index is 11.3. The van der Waals surface area contributed by atoms with Crippen molar-refractivity contribution in [2.24, 2.45) is 0 Å². The van der Waals surface area contributed by atoms with Crippen molar-refractivity contribution in [3.8, 4) is 5.75 Å². The number of nitrogens with one attached hydrogen (secondary N) is 1. The molecular formula is C14H16N2O3S. The van der Waals surface area contributed by atoms with E-state index in [1.807, 2.05) is 19.1 Å². The van der Waals surface area contributed by atoms with Crippen LogP contribution in [0.3, 0.4) is 0 Å². The Morgan fingerprint density at radius 3 is 2.30 bits per heavy atom. The van der Waals surface area contributed by atoms with E-state index in [-0.39, 0.29) is 16.8 Å². The molecule has 0 saturated carbocycles. The summed E-state index contributed by atoms with van der Waals surface area (Å²) in [5.41, 5.74) is 1.74. The van der Waals surface area contributed by atoms with Gasteiger partial charge in [0, 0.05) is 12.3 Å². The highest BCUT2D eigenvalue weighted by Crippen LogP contribution is 2.21. The molecule has 0 fully saturated rings. The SMILES string of the molecule is CC(Nc1ccc(S(C)(=O)=O)nc1)c1ccc(O)cc1. The van der Waals surface area contributed by atoms with E-state index in [0.29, 0.717) is 0 Å². The van der Waals surface area contributed by atoms with Gasteiger partial charge in [0.15, 0.2) is 14.9 Å². The van der Waals surface area contributed by atoms with Crippen molar-refractivity contribution in [1.29, 1.82) is 0 Å². The Morgan fingerprint density at radius 1 is 1.15 bits per heavy atom. The van der Waals surface area contributed by atoms with E-state index >= 15 is 0 Å². The minimum absolute atomic E-state index is 0.0153. The van der Waals surface area contributed by atoms with Gasteiger partial charge in [-0.1, -0.05) is 12.1 Å². The second-order valence-corrected chi connectivity index (χ2v) is 6.58. The van der Waals surface area contributed by atoms with Crippen LogP contribution in [0.2, 0.25) is 0 Å². The summed E-state index contributed by atoms with van der Waals surface area (Å²) in [4.78, 5) is 3.92. The maximum atomic E-state index is 11.3. The molecule has 2 N–H and O–H groups in total. The predicted molar refractivity (Wildman–Crippen MR) is 77.5 cm³/mol. The van der Waals surface area contributed by atoms with Crippen LogP contribution in [0, 0.1) is 0 Å². The molecule has 0 saturated heterocycles. The third-order valence-electron chi connectivity index (χ3n) is 2.89. The van der Waals surface area contributed by atoms with Crippen LogP contribution in [0.4, 0.5) is 5.69 Å². The molecule has 6 heteroatoms. The molecule has 106 valence electrons. The number of aromatic nitrogens is 1. The van der Waals surface area contributed by atoms with Gasteiger partial charge in [-0.3, -0.25) is 0 Å². The zero-order chi connectivity index (χ0) is 14.8. The number of rotatable bonds is 4. The molecule has 0 aliphatic carbocycles. The van der Waals surface area contributed by atoms with Crippen molar-refractivity contribution in [3.05, 3.63) is 48.2 Å². The molecule has 1 heterocycles. The molecule has 0 bridgehead atoms. The number of benzene rings is 1. The summed E-state index contributed by atoms with van der Waals surface area (Å²) >= 11 is 0. The molecule has 1 aromatic heterocycles. The van der Waals surface area contributed by atoms with E-state index in [2.05, 4.69) is 10.3 Å². The summed E-state index contributed by atoms with van der Waals surface area (Å²) < 4.78 is 22.6. The van der Waals surface area contributed by atoms with Crippen molar-refractivity contribution in [1.82, 2.24) is 4.98 Å². The first-order chi connectivity index (χ1) is 9.36. The lowest BCUT2D eigenvalue weighted by Crippen LogP contribution is -2.07. The van der Waals surface area contributed by atoms with Crippen LogP contribution in [-0.4, -0.2) is 24.8 Å². The molecule has 1 atom stereocenters. The fourth-order valence-corrected chi connectivity index (χ4v) is 2.34. The van der Waals surface area contributed by atoms with Gasteiger partial charge in [-0.2, -0.15) is 0 Å². The maximum Gasteiger partial charge on any atom is 0.192 e. The van der Waals surface area contributed by atoms with E-state index < -0.39 is 9.84 Å². The van der Waals surface area contributed by atoms with Gasteiger partial charge in [-0.05, 0) is 36.8 Å². The number of anilines is 1. The molecule has 20 heavy (non-hydrogen) atoms. The minimum atomic E-state index is -3.27. The van der Waals surface area contributed by atoms with Gasteiger partial charge in [0.1, 0.15) is 5.75 Å². The zero-order valence-corrected chi connectivity index (χ0v) is 12.1. The zero-order valence-electron chi connectivity index (χ0n) is 11.2. The molecule has 0 aliphatic heterocycles. The highest BCUT2D eigenvalue weighted by atomic mass is 32.2. The third-order valence-corrected chi connectivity index (χ3v) is 3.89. The Kier molecular flexibility index (Phi) is 3.94. The van der Waals surface area contributed by atoms with Gasteiger partial charge in [-0.15, -0.1) is 0 Å². The molecule has 2 rings (SSSR count). The first-order valence-electron chi connectivity index (χ1n) is 6.08. The fourth-order valence-electron chi connectivity index (χ4n) is 1.78. The first-order valence-corrected chi connectivity index (χ1v) is 7.97.